The predicted molar refractivity (Wildman–Crippen MR) is 122 cm³/mol. The molecule has 0 saturated carbocycles. The Bertz CT molecular complexity index is 1150. The Morgan fingerprint density at radius 1 is 1.07 bits per heavy atom. The number of hydrogen-bond acceptors (Lipinski definition) is 4. The second-order valence-electron chi connectivity index (χ2n) is 8.17. The van der Waals surface area contributed by atoms with Crippen LogP contribution in [0.15, 0.2) is 72.2 Å². The van der Waals surface area contributed by atoms with Crippen LogP contribution in [0, 0.1) is 0 Å². The molecule has 0 bridgehead atoms. The molecule has 152 valence electrons. The van der Waals surface area contributed by atoms with E-state index in [0.717, 1.165) is 34.0 Å². The molecule has 0 spiro atoms. The van der Waals surface area contributed by atoms with Crippen LogP contribution in [0.1, 0.15) is 42.4 Å². The molecule has 0 fully saturated rings. The number of aromatic nitrogens is 2. The summed E-state index contributed by atoms with van der Waals surface area (Å²) in [6, 6.07) is 20.1. The number of thiazole rings is 1. The SMILES string of the molecule is CC(C)(C)c1ccc(OCc2ccccc2)c(-c2csc(-n3cccc3C=O)n2)c1. The number of rotatable bonds is 6. The summed E-state index contributed by atoms with van der Waals surface area (Å²) < 4.78 is 8.00. The van der Waals surface area contributed by atoms with Crippen LogP contribution in [0.3, 0.4) is 0 Å². The Morgan fingerprint density at radius 2 is 1.87 bits per heavy atom. The summed E-state index contributed by atoms with van der Waals surface area (Å²) >= 11 is 1.51. The molecule has 4 nitrogen and oxygen atoms in total. The Balaban J connectivity index is 1.72. The summed E-state index contributed by atoms with van der Waals surface area (Å²) in [5, 5.41) is 2.77. The molecule has 0 radical (unpaired) electrons. The molecule has 30 heavy (non-hydrogen) atoms. The first-order chi connectivity index (χ1) is 14.5. The molecule has 2 aromatic heterocycles. The molecule has 2 aromatic carbocycles. The lowest BCUT2D eigenvalue weighted by atomic mass is 9.86. The van der Waals surface area contributed by atoms with Crippen molar-refractivity contribution >= 4 is 17.6 Å². The topological polar surface area (TPSA) is 44.1 Å². The maximum absolute atomic E-state index is 11.3. The van der Waals surface area contributed by atoms with Gasteiger partial charge in [-0.25, -0.2) is 4.98 Å². The van der Waals surface area contributed by atoms with Gasteiger partial charge >= 0.3 is 0 Å². The summed E-state index contributed by atoms with van der Waals surface area (Å²) in [5.41, 5.74) is 4.73. The van der Waals surface area contributed by atoms with Crippen molar-refractivity contribution in [2.75, 3.05) is 0 Å². The Morgan fingerprint density at radius 3 is 2.60 bits per heavy atom. The monoisotopic (exact) mass is 416 g/mol. The van der Waals surface area contributed by atoms with Gasteiger partial charge in [0.05, 0.1) is 11.4 Å². The van der Waals surface area contributed by atoms with Gasteiger partial charge < -0.3 is 4.74 Å². The van der Waals surface area contributed by atoms with Crippen molar-refractivity contribution in [3.63, 3.8) is 0 Å². The molecular weight excluding hydrogens is 392 g/mol. The van der Waals surface area contributed by atoms with Crippen LogP contribution < -0.4 is 4.74 Å². The van der Waals surface area contributed by atoms with E-state index in [1.807, 2.05) is 41.9 Å². The number of carbonyl (C=O) groups excluding carboxylic acids is 1. The van der Waals surface area contributed by atoms with Gasteiger partial charge in [0.15, 0.2) is 11.4 Å². The number of nitrogens with zero attached hydrogens (tertiary/aromatic N) is 2. The first-order valence-corrected chi connectivity index (χ1v) is 10.7. The lowest BCUT2D eigenvalue weighted by Gasteiger charge is -2.21. The minimum Gasteiger partial charge on any atom is -0.488 e. The van der Waals surface area contributed by atoms with E-state index in [2.05, 4.69) is 45.0 Å². The molecule has 0 saturated heterocycles. The molecule has 5 heteroatoms. The van der Waals surface area contributed by atoms with E-state index in [1.54, 1.807) is 10.6 Å². The van der Waals surface area contributed by atoms with E-state index >= 15 is 0 Å². The molecule has 0 aliphatic carbocycles. The normalized spacial score (nSPS) is 11.4. The average Bonchev–Trinajstić information content (AvgIpc) is 3.41. The van der Waals surface area contributed by atoms with Crippen molar-refractivity contribution in [2.24, 2.45) is 0 Å². The third kappa shape index (κ3) is 4.21. The second kappa shape index (κ2) is 8.28. The molecule has 0 N–H and O–H groups in total. The molecule has 0 atom stereocenters. The highest BCUT2D eigenvalue weighted by Gasteiger charge is 2.19. The van der Waals surface area contributed by atoms with Crippen molar-refractivity contribution in [3.05, 3.63) is 89.1 Å². The van der Waals surface area contributed by atoms with Gasteiger partial charge in [-0.1, -0.05) is 57.2 Å². The quantitative estimate of drug-likeness (QED) is 0.347. The van der Waals surface area contributed by atoms with Crippen molar-refractivity contribution < 1.29 is 9.53 Å². The highest BCUT2D eigenvalue weighted by Crippen LogP contribution is 2.36. The molecular formula is C25H24N2O2S. The van der Waals surface area contributed by atoms with Gasteiger partial charge in [0.25, 0.3) is 0 Å². The lowest BCUT2D eigenvalue weighted by Crippen LogP contribution is -2.11. The minimum atomic E-state index is 0.0106. The van der Waals surface area contributed by atoms with Gasteiger partial charge in [-0.05, 0) is 40.8 Å². The summed E-state index contributed by atoms with van der Waals surface area (Å²) in [6.07, 6.45) is 2.69. The van der Waals surface area contributed by atoms with Crippen molar-refractivity contribution in [3.8, 4) is 22.1 Å². The van der Waals surface area contributed by atoms with Crippen LogP contribution >= 0.6 is 11.3 Å². The van der Waals surface area contributed by atoms with E-state index in [0.29, 0.717) is 12.3 Å². The highest BCUT2D eigenvalue weighted by molar-refractivity contribution is 7.12. The van der Waals surface area contributed by atoms with Gasteiger partial charge in [-0.2, -0.15) is 0 Å². The predicted octanol–water partition coefficient (Wildman–Crippen LogP) is 6.29. The number of hydrogen-bond donors (Lipinski definition) is 0. The van der Waals surface area contributed by atoms with Gasteiger partial charge in [0, 0.05) is 17.1 Å². The van der Waals surface area contributed by atoms with E-state index in [-0.39, 0.29) is 5.41 Å². The molecule has 0 aliphatic heterocycles. The molecule has 4 rings (SSSR count). The highest BCUT2D eigenvalue weighted by atomic mass is 32.1. The zero-order valence-electron chi connectivity index (χ0n) is 17.3. The van der Waals surface area contributed by atoms with E-state index in [1.165, 1.54) is 16.9 Å². The number of aldehydes is 1. The van der Waals surface area contributed by atoms with E-state index in [4.69, 9.17) is 9.72 Å². The third-order valence-corrected chi connectivity index (χ3v) is 5.80. The summed E-state index contributed by atoms with van der Waals surface area (Å²) in [7, 11) is 0. The van der Waals surface area contributed by atoms with Crippen LogP contribution in [0.4, 0.5) is 0 Å². The Kier molecular flexibility index (Phi) is 5.55. The van der Waals surface area contributed by atoms with Gasteiger partial charge in [0.2, 0.25) is 0 Å². The zero-order valence-corrected chi connectivity index (χ0v) is 18.1. The molecule has 0 aliphatic rings. The minimum absolute atomic E-state index is 0.0106. The summed E-state index contributed by atoms with van der Waals surface area (Å²) in [4.78, 5) is 16.1. The summed E-state index contributed by atoms with van der Waals surface area (Å²) in [6.45, 7) is 7.07. The maximum atomic E-state index is 11.3. The summed E-state index contributed by atoms with van der Waals surface area (Å²) in [5.74, 6) is 0.798. The molecule has 0 amide bonds. The average molecular weight is 417 g/mol. The van der Waals surface area contributed by atoms with Gasteiger partial charge in [-0.15, -0.1) is 11.3 Å². The molecule has 4 aromatic rings. The van der Waals surface area contributed by atoms with Crippen LogP contribution in [-0.2, 0) is 12.0 Å². The van der Waals surface area contributed by atoms with Crippen LogP contribution in [0.5, 0.6) is 5.75 Å². The van der Waals surface area contributed by atoms with Crippen molar-refractivity contribution in [1.82, 2.24) is 9.55 Å². The lowest BCUT2D eigenvalue weighted by molar-refractivity contribution is 0.111. The first kappa shape index (κ1) is 20.1. The number of carbonyl (C=O) groups is 1. The van der Waals surface area contributed by atoms with Crippen LogP contribution in [-0.4, -0.2) is 15.8 Å². The maximum Gasteiger partial charge on any atom is 0.194 e. The largest absolute Gasteiger partial charge is 0.488 e. The Labute approximate surface area is 180 Å². The van der Waals surface area contributed by atoms with E-state index < -0.39 is 0 Å². The van der Waals surface area contributed by atoms with Crippen molar-refractivity contribution in [1.29, 1.82) is 0 Å². The molecule has 2 heterocycles. The number of ether oxygens (including phenoxy) is 1. The fraction of sp³-hybridized carbons (Fsp3) is 0.200. The fourth-order valence-corrected chi connectivity index (χ4v) is 4.05. The van der Waals surface area contributed by atoms with Crippen LogP contribution in [0.25, 0.3) is 16.4 Å². The van der Waals surface area contributed by atoms with Crippen LogP contribution in [0.2, 0.25) is 0 Å². The van der Waals surface area contributed by atoms with Crippen molar-refractivity contribution in [2.45, 2.75) is 32.8 Å². The van der Waals surface area contributed by atoms with Gasteiger partial charge in [0.1, 0.15) is 12.4 Å². The smallest absolute Gasteiger partial charge is 0.194 e. The zero-order chi connectivity index (χ0) is 21.1. The fourth-order valence-electron chi connectivity index (χ4n) is 3.22. The first-order valence-electron chi connectivity index (χ1n) is 9.86. The number of benzene rings is 2. The second-order valence-corrected chi connectivity index (χ2v) is 9.01. The van der Waals surface area contributed by atoms with E-state index in [9.17, 15) is 4.79 Å². The van der Waals surface area contributed by atoms with Gasteiger partial charge in [-0.3, -0.25) is 9.36 Å². The standard InChI is InChI=1S/C25H24N2O2S/c1-25(2,3)19-11-12-23(29-16-18-8-5-4-6-9-18)21(14-19)22-17-30-24(26-22)27-13-7-10-20(27)15-28/h4-15,17H,16H2,1-3H3. The Hall–Kier alpha value is -3.18. The molecule has 0 unspecified atom stereocenters. The third-order valence-electron chi connectivity index (χ3n) is 4.96.